The summed E-state index contributed by atoms with van der Waals surface area (Å²) in [4.78, 5) is 4.38. The van der Waals surface area contributed by atoms with E-state index < -0.39 is 0 Å². The normalized spacial score (nSPS) is 10.7. The first-order chi connectivity index (χ1) is 8.90. The Kier molecular flexibility index (Phi) is 5.16. The van der Waals surface area contributed by atoms with Gasteiger partial charge in [0.05, 0.1) is 5.52 Å². The van der Waals surface area contributed by atoms with Crippen molar-refractivity contribution in [1.82, 2.24) is 15.2 Å². The van der Waals surface area contributed by atoms with Gasteiger partial charge in [-0.25, -0.2) is 4.98 Å². The van der Waals surface area contributed by atoms with Gasteiger partial charge in [-0.3, -0.25) is 0 Å². The summed E-state index contributed by atoms with van der Waals surface area (Å²) in [7, 11) is 0. The van der Waals surface area contributed by atoms with Crippen LogP contribution in [0.3, 0.4) is 0 Å². The van der Waals surface area contributed by atoms with Gasteiger partial charge in [0.25, 0.3) is 0 Å². The summed E-state index contributed by atoms with van der Waals surface area (Å²) in [6, 6.07) is 7.67. The third kappa shape index (κ3) is 3.82. The zero-order valence-electron chi connectivity index (χ0n) is 10.0. The molecule has 2 rings (SSSR count). The van der Waals surface area contributed by atoms with Crippen molar-refractivity contribution in [3.63, 3.8) is 0 Å². The second-order valence-corrected chi connectivity index (χ2v) is 4.97. The minimum Gasteiger partial charge on any atom is -0.396 e. The maximum Gasteiger partial charge on any atom is 0.243 e. The summed E-state index contributed by atoms with van der Waals surface area (Å²) in [5.74, 6) is 2.52. The Balaban J connectivity index is 1.81. The van der Waals surface area contributed by atoms with Crippen molar-refractivity contribution >= 4 is 28.7 Å². The highest BCUT2D eigenvalue weighted by atomic mass is 32.2. The molecule has 18 heavy (non-hydrogen) atoms. The fourth-order valence-corrected chi connectivity index (χ4v) is 2.24. The monoisotopic (exact) mass is 264 g/mol. The number of aliphatic hydroxyl groups excluding tert-OH is 1. The van der Waals surface area contributed by atoms with E-state index in [-0.39, 0.29) is 6.61 Å². The minimum atomic E-state index is 0.262. The lowest BCUT2D eigenvalue weighted by atomic mass is 10.3. The van der Waals surface area contributed by atoms with E-state index >= 15 is 0 Å². The molecule has 0 spiro atoms. The first-order valence-electron chi connectivity index (χ1n) is 5.92. The van der Waals surface area contributed by atoms with Gasteiger partial charge in [-0.05, 0) is 24.3 Å². The van der Waals surface area contributed by atoms with Crippen LogP contribution in [0.4, 0.5) is 5.95 Å². The van der Waals surface area contributed by atoms with Crippen molar-refractivity contribution in [1.29, 1.82) is 0 Å². The largest absolute Gasteiger partial charge is 0.396 e. The molecular formula is C12H16N4OS. The molecule has 6 heteroatoms. The fraction of sp³-hybridized carbons (Fsp3) is 0.417. The second kappa shape index (κ2) is 7.13. The molecule has 5 nitrogen and oxygen atoms in total. The Morgan fingerprint density at radius 2 is 1.94 bits per heavy atom. The Morgan fingerprint density at radius 1 is 1.11 bits per heavy atom. The molecule has 0 aliphatic carbocycles. The number of nitrogens with zero attached hydrogens (tertiary/aromatic N) is 3. The third-order valence-electron chi connectivity index (χ3n) is 2.34. The number of rotatable bonds is 7. The Bertz CT molecular complexity index is 494. The van der Waals surface area contributed by atoms with E-state index in [2.05, 4.69) is 20.5 Å². The summed E-state index contributed by atoms with van der Waals surface area (Å²) in [6.45, 7) is 1.06. The molecule has 0 aliphatic heterocycles. The summed E-state index contributed by atoms with van der Waals surface area (Å²) >= 11 is 1.80. The second-order valence-electron chi connectivity index (χ2n) is 3.74. The van der Waals surface area contributed by atoms with E-state index in [1.54, 1.807) is 11.8 Å². The lowest BCUT2D eigenvalue weighted by Gasteiger charge is -2.04. The van der Waals surface area contributed by atoms with Crippen LogP contribution in [0.15, 0.2) is 24.3 Å². The Morgan fingerprint density at radius 3 is 2.78 bits per heavy atom. The highest BCUT2D eigenvalue weighted by Gasteiger charge is 1.99. The minimum absolute atomic E-state index is 0.262. The predicted octanol–water partition coefficient (Wildman–Crippen LogP) is 1.55. The average Bonchev–Trinajstić information content (AvgIpc) is 2.42. The maximum atomic E-state index is 8.64. The Hall–Kier alpha value is -1.40. The average molecular weight is 264 g/mol. The van der Waals surface area contributed by atoms with Crippen LogP contribution in [0.5, 0.6) is 0 Å². The molecular weight excluding hydrogens is 248 g/mol. The topological polar surface area (TPSA) is 70.9 Å². The Labute approximate surface area is 110 Å². The number of anilines is 1. The highest BCUT2D eigenvalue weighted by Crippen LogP contribution is 2.09. The summed E-state index contributed by atoms with van der Waals surface area (Å²) < 4.78 is 0. The van der Waals surface area contributed by atoms with Crippen molar-refractivity contribution in [3.8, 4) is 0 Å². The van der Waals surface area contributed by atoms with Gasteiger partial charge in [-0.1, -0.05) is 12.1 Å². The lowest BCUT2D eigenvalue weighted by molar-refractivity contribution is 0.296. The van der Waals surface area contributed by atoms with Gasteiger partial charge in [-0.15, -0.1) is 10.2 Å². The molecule has 0 bridgehead atoms. The first-order valence-corrected chi connectivity index (χ1v) is 7.07. The molecule has 2 N–H and O–H groups in total. The molecule has 1 heterocycles. The summed E-state index contributed by atoms with van der Waals surface area (Å²) in [6.07, 6.45) is 0.846. The highest BCUT2D eigenvalue weighted by molar-refractivity contribution is 7.99. The van der Waals surface area contributed by atoms with E-state index in [1.165, 1.54) is 0 Å². The molecule has 1 aromatic carbocycles. The molecule has 0 aliphatic rings. The molecule has 0 saturated carbocycles. The van der Waals surface area contributed by atoms with Gasteiger partial charge in [0, 0.05) is 18.9 Å². The number of aliphatic hydroxyl groups is 1. The molecule has 1 aromatic heterocycles. The number of aromatic nitrogens is 3. The molecule has 0 amide bonds. The van der Waals surface area contributed by atoms with Crippen molar-refractivity contribution < 1.29 is 5.11 Å². The van der Waals surface area contributed by atoms with Crippen LogP contribution in [0.25, 0.3) is 11.0 Å². The summed E-state index contributed by atoms with van der Waals surface area (Å²) in [5.41, 5.74) is 1.66. The number of hydrogen-bond donors (Lipinski definition) is 2. The predicted molar refractivity (Wildman–Crippen MR) is 74.9 cm³/mol. The van der Waals surface area contributed by atoms with Gasteiger partial charge in [-0.2, -0.15) is 11.8 Å². The summed E-state index contributed by atoms with van der Waals surface area (Å²) in [5, 5.41) is 19.9. The lowest BCUT2D eigenvalue weighted by Crippen LogP contribution is -2.08. The van der Waals surface area contributed by atoms with Gasteiger partial charge in [0.1, 0.15) is 5.52 Å². The molecule has 0 atom stereocenters. The molecule has 2 aromatic rings. The maximum absolute atomic E-state index is 8.64. The van der Waals surface area contributed by atoms with Crippen molar-refractivity contribution in [2.45, 2.75) is 6.42 Å². The van der Waals surface area contributed by atoms with Gasteiger partial charge >= 0.3 is 0 Å². The van der Waals surface area contributed by atoms with Gasteiger partial charge < -0.3 is 10.4 Å². The van der Waals surface area contributed by atoms with Crippen LogP contribution < -0.4 is 5.32 Å². The van der Waals surface area contributed by atoms with Crippen molar-refractivity contribution in [3.05, 3.63) is 24.3 Å². The molecule has 96 valence electrons. The SMILES string of the molecule is OCCCSCCNc1nnc2ccccc2n1. The number of thioether (sulfide) groups is 1. The van der Waals surface area contributed by atoms with Crippen molar-refractivity contribution in [2.24, 2.45) is 0 Å². The van der Waals surface area contributed by atoms with Crippen LogP contribution in [-0.4, -0.2) is 44.9 Å². The number of para-hydroxylation sites is 1. The fourth-order valence-electron chi connectivity index (χ4n) is 1.46. The van der Waals surface area contributed by atoms with E-state index in [9.17, 15) is 0 Å². The van der Waals surface area contributed by atoms with Crippen LogP contribution >= 0.6 is 11.8 Å². The van der Waals surface area contributed by atoms with Gasteiger partial charge in [0.2, 0.25) is 5.95 Å². The van der Waals surface area contributed by atoms with E-state index in [0.717, 1.165) is 35.5 Å². The number of nitrogens with one attached hydrogen (secondary N) is 1. The molecule has 0 fully saturated rings. The van der Waals surface area contributed by atoms with E-state index in [1.807, 2.05) is 24.3 Å². The molecule has 0 unspecified atom stereocenters. The molecule has 0 saturated heterocycles. The van der Waals surface area contributed by atoms with E-state index in [0.29, 0.717) is 5.95 Å². The van der Waals surface area contributed by atoms with Crippen molar-refractivity contribution in [2.75, 3.05) is 30.0 Å². The third-order valence-corrected chi connectivity index (χ3v) is 3.41. The van der Waals surface area contributed by atoms with Crippen LogP contribution in [0, 0.1) is 0 Å². The van der Waals surface area contributed by atoms with Crippen LogP contribution in [0.1, 0.15) is 6.42 Å². The van der Waals surface area contributed by atoms with E-state index in [4.69, 9.17) is 5.11 Å². The van der Waals surface area contributed by atoms with Crippen LogP contribution in [0.2, 0.25) is 0 Å². The zero-order valence-corrected chi connectivity index (χ0v) is 10.9. The smallest absolute Gasteiger partial charge is 0.243 e. The quantitative estimate of drug-likeness (QED) is 0.739. The number of fused-ring (bicyclic) bond motifs is 1. The molecule has 0 radical (unpaired) electrons. The number of benzene rings is 1. The zero-order chi connectivity index (χ0) is 12.6. The van der Waals surface area contributed by atoms with Gasteiger partial charge in [0.15, 0.2) is 0 Å². The standard InChI is InChI=1S/C12H16N4OS/c17-7-3-8-18-9-6-13-12-14-10-4-1-2-5-11(10)15-16-12/h1-2,4-5,17H,3,6-9H2,(H,13,14,16). The first kappa shape index (κ1) is 13.0. The van der Waals surface area contributed by atoms with Crippen LogP contribution in [-0.2, 0) is 0 Å². The number of hydrogen-bond acceptors (Lipinski definition) is 6.